The zero-order valence-corrected chi connectivity index (χ0v) is 9.66. The fourth-order valence-corrected chi connectivity index (χ4v) is 1.50. The number of hydrogen-bond acceptors (Lipinski definition) is 5. The van der Waals surface area contributed by atoms with Crippen LogP contribution in [0, 0.1) is 6.92 Å². The highest BCUT2D eigenvalue weighted by atomic mass is 16.5. The van der Waals surface area contributed by atoms with Crippen molar-refractivity contribution < 1.29 is 9.53 Å². The zero-order valence-electron chi connectivity index (χ0n) is 9.66. The Morgan fingerprint density at radius 2 is 2.18 bits per heavy atom. The normalized spacial score (nSPS) is 10.2. The number of aromatic amines is 1. The first-order valence-electron chi connectivity index (χ1n) is 5.28. The molecule has 0 bridgehead atoms. The number of nitrogens with two attached hydrogens (primary N) is 2. The summed E-state index contributed by atoms with van der Waals surface area (Å²) in [5.41, 5.74) is 11.2. The van der Waals surface area contributed by atoms with Crippen LogP contribution < -0.4 is 17.0 Å². The molecule has 0 aliphatic carbocycles. The maximum atomic E-state index is 11.6. The van der Waals surface area contributed by atoms with Gasteiger partial charge in [-0.25, -0.2) is 9.78 Å². The Balaban J connectivity index is 2.47. The summed E-state index contributed by atoms with van der Waals surface area (Å²) < 4.78 is 4.58. The monoisotopic (exact) mass is 240 g/mol. The lowest BCUT2D eigenvalue weighted by atomic mass is 10.1. The Bertz CT molecular complexity index is 455. The van der Waals surface area contributed by atoms with E-state index in [-0.39, 0.29) is 18.1 Å². The zero-order chi connectivity index (χ0) is 12.8. The number of aromatic nitrogens is 2. The number of primary amides is 1. The van der Waals surface area contributed by atoms with E-state index < -0.39 is 6.09 Å². The van der Waals surface area contributed by atoms with E-state index in [1.807, 2.05) is 0 Å². The van der Waals surface area contributed by atoms with Gasteiger partial charge in [-0.15, -0.1) is 0 Å². The third-order valence-corrected chi connectivity index (χ3v) is 2.31. The summed E-state index contributed by atoms with van der Waals surface area (Å²) in [6.45, 7) is 2.00. The van der Waals surface area contributed by atoms with Crippen molar-refractivity contribution in [2.75, 3.05) is 12.3 Å². The highest BCUT2D eigenvalue weighted by molar-refractivity contribution is 5.64. The molecule has 1 heterocycles. The van der Waals surface area contributed by atoms with E-state index in [2.05, 4.69) is 14.7 Å². The standard InChI is InChI=1S/C10H16N4O3/c1-6-7(8(15)14-9(11)13-6)4-2-3-5-17-10(12)16/h2-5H2,1H3,(H2,12,16)(H3,11,13,14,15). The van der Waals surface area contributed by atoms with Gasteiger partial charge in [-0.3, -0.25) is 9.78 Å². The predicted molar refractivity (Wildman–Crippen MR) is 62.5 cm³/mol. The van der Waals surface area contributed by atoms with Crippen LogP contribution >= 0.6 is 0 Å². The van der Waals surface area contributed by atoms with Crippen LogP contribution in [0.25, 0.3) is 0 Å². The molecule has 1 aromatic rings. The maximum Gasteiger partial charge on any atom is 0.404 e. The molecule has 0 unspecified atom stereocenters. The average Bonchev–Trinajstić information content (AvgIpc) is 2.20. The van der Waals surface area contributed by atoms with Gasteiger partial charge < -0.3 is 16.2 Å². The molecule has 0 radical (unpaired) electrons. The van der Waals surface area contributed by atoms with Crippen LogP contribution in [-0.4, -0.2) is 22.7 Å². The van der Waals surface area contributed by atoms with Gasteiger partial charge in [0.25, 0.3) is 5.56 Å². The van der Waals surface area contributed by atoms with Crippen LogP contribution in [-0.2, 0) is 11.2 Å². The van der Waals surface area contributed by atoms with E-state index in [1.54, 1.807) is 6.92 Å². The molecule has 0 aliphatic rings. The molecule has 94 valence electrons. The second-order valence-corrected chi connectivity index (χ2v) is 3.64. The van der Waals surface area contributed by atoms with Crippen molar-refractivity contribution in [2.45, 2.75) is 26.2 Å². The summed E-state index contributed by atoms with van der Waals surface area (Å²) in [5.74, 6) is 0.119. The average molecular weight is 240 g/mol. The number of nitrogens with zero attached hydrogens (tertiary/aromatic N) is 1. The number of carbonyl (C=O) groups excluding carboxylic acids is 1. The number of amides is 1. The van der Waals surface area contributed by atoms with Crippen LogP contribution in [0.5, 0.6) is 0 Å². The summed E-state index contributed by atoms with van der Waals surface area (Å²) in [6, 6.07) is 0. The minimum Gasteiger partial charge on any atom is -0.450 e. The Morgan fingerprint density at radius 3 is 2.76 bits per heavy atom. The number of aryl methyl sites for hydroxylation is 1. The number of anilines is 1. The summed E-state index contributed by atoms with van der Waals surface area (Å²) >= 11 is 0. The number of ether oxygens (including phenoxy) is 1. The lowest BCUT2D eigenvalue weighted by Gasteiger charge is -2.05. The summed E-state index contributed by atoms with van der Waals surface area (Å²) in [7, 11) is 0. The van der Waals surface area contributed by atoms with E-state index in [9.17, 15) is 9.59 Å². The highest BCUT2D eigenvalue weighted by Gasteiger charge is 2.06. The van der Waals surface area contributed by atoms with Crippen molar-refractivity contribution in [3.63, 3.8) is 0 Å². The number of hydrogen-bond donors (Lipinski definition) is 3. The van der Waals surface area contributed by atoms with Crippen molar-refractivity contribution in [1.29, 1.82) is 0 Å². The molecule has 0 spiro atoms. The number of nitrogen functional groups attached to an aromatic ring is 1. The largest absolute Gasteiger partial charge is 0.450 e. The molecule has 1 rings (SSSR count). The van der Waals surface area contributed by atoms with Crippen LogP contribution in [0.2, 0.25) is 0 Å². The molecule has 7 nitrogen and oxygen atoms in total. The molecule has 0 fully saturated rings. The highest BCUT2D eigenvalue weighted by Crippen LogP contribution is 2.05. The predicted octanol–water partition coefficient (Wildman–Crippen LogP) is 0.0785. The molecule has 0 aliphatic heterocycles. The minimum atomic E-state index is -0.784. The van der Waals surface area contributed by atoms with Gasteiger partial charge >= 0.3 is 6.09 Å². The fourth-order valence-electron chi connectivity index (χ4n) is 1.50. The first-order valence-corrected chi connectivity index (χ1v) is 5.28. The Labute approximate surface area is 98.2 Å². The van der Waals surface area contributed by atoms with Gasteiger partial charge in [-0.05, 0) is 26.2 Å². The van der Waals surface area contributed by atoms with E-state index in [0.29, 0.717) is 30.5 Å². The first kappa shape index (κ1) is 13.0. The van der Waals surface area contributed by atoms with Crippen LogP contribution in [0.15, 0.2) is 4.79 Å². The van der Waals surface area contributed by atoms with E-state index >= 15 is 0 Å². The van der Waals surface area contributed by atoms with Gasteiger partial charge in [0.1, 0.15) is 0 Å². The van der Waals surface area contributed by atoms with Crippen molar-refractivity contribution in [2.24, 2.45) is 5.73 Å². The summed E-state index contributed by atoms with van der Waals surface area (Å²) in [6.07, 6.45) is 1.14. The number of rotatable bonds is 5. The number of unbranched alkanes of at least 4 members (excludes halogenated alkanes) is 1. The molecule has 1 aromatic heterocycles. The first-order chi connectivity index (χ1) is 8.00. The quantitative estimate of drug-likeness (QED) is 0.628. The molecule has 0 saturated heterocycles. The van der Waals surface area contributed by atoms with Crippen molar-refractivity contribution >= 4 is 12.0 Å². The number of nitrogens with one attached hydrogen (secondary N) is 1. The van der Waals surface area contributed by atoms with Gasteiger partial charge in [0.2, 0.25) is 5.95 Å². The molecular formula is C10H16N4O3. The lowest BCUT2D eigenvalue weighted by molar-refractivity contribution is 0.154. The molecule has 17 heavy (non-hydrogen) atoms. The fraction of sp³-hybridized carbons (Fsp3) is 0.500. The molecule has 7 heteroatoms. The summed E-state index contributed by atoms with van der Waals surface area (Å²) in [5, 5.41) is 0. The van der Waals surface area contributed by atoms with Crippen molar-refractivity contribution in [3.05, 3.63) is 21.6 Å². The van der Waals surface area contributed by atoms with Gasteiger partial charge in [0.05, 0.1) is 6.61 Å². The van der Waals surface area contributed by atoms with Crippen LogP contribution in [0.3, 0.4) is 0 Å². The van der Waals surface area contributed by atoms with Gasteiger partial charge in [0.15, 0.2) is 0 Å². The minimum absolute atomic E-state index is 0.119. The molecule has 0 atom stereocenters. The summed E-state index contributed by atoms with van der Waals surface area (Å²) in [4.78, 5) is 28.3. The Hall–Kier alpha value is -2.05. The Kier molecular flexibility index (Phi) is 4.50. The molecule has 0 aromatic carbocycles. The second-order valence-electron chi connectivity index (χ2n) is 3.64. The second kappa shape index (κ2) is 5.88. The molecule has 1 amide bonds. The third kappa shape index (κ3) is 4.13. The van der Waals surface area contributed by atoms with E-state index in [0.717, 1.165) is 0 Å². The van der Waals surface area contributed by atoms with Crippen molar-refractivity contribution in [3.8, 4) is 0 Å². The number of H-pyrrole nitrogens is 1. The SMILES string of the molecule is Cc1nc(N)[nH]c(=O)c1CCCCOC(N)=O. The van der Waals surface area contributed by atoms with Crippen LogP contribution in [0.4, 0.5) is 10.7 Å². The number of carbonyl (C=O) groups is 1. The molecule has 5 N–H and O–H groups in total. The van der Waals surface area contributed by atoms with Gasteiger partial charge in [-0.2, -0.15) is 0 Å². The van der Waals surface area contributed by atoms with Crippen molar-refractivity contribution in [1.82, 2.24) is 9.97 Å². The Morgan fingerprint density at radius 1 is 1.47 bits per heavy atom. The van der Waals surface area contributed by atoms with Gasteiger partial charge in [0, 0.05) is 11.3 Å². The molecular weight excluding hydrogens is 224 g/mol. The smallest absolute Gasteiger partial charge is 0.404 e. The van der Waals surface area contributed by atoms with Crippen LogP contribution in [0.1, 0.15) is 24.1 Å². The lowest BCUT2D eigenvalue weighted by Crippen LogP contribution is -2.19. The van der Waals surface area contributed by atoms with Gasteiger partial charge in [-0.1, -0.05) is 0 Å². The molecule has 0 saturated carbocycles. The van der Waals surface area contributed by atoms with E-state index in [1.165, 1.54) is 0 Å². The topological polar surface area (TPSA) is 124 Å². The maximum absolute atomic E-state index is 11.6. The third-order valence-electron chi connectivity index (χ3n) is 2.31. The van der Waals surface area contributed by atoms with E-state index in [4.69, 9.17) is 11.5 Å².